The number of fused-ring (bicyclic) bond motifs is 1. The Hall–Kier alpha value is -2.34. The lowest BCUT2D eigenvalue weighted by atomic mass is 10.2. The molecule has 0 radical (unpaired) electrons. The van der Waals surface area contributed by atoms with E-state index in [9.17, 15) is 9.59 Å². The van der Waals surface area contributed by atoms with E-state index in [1.807, 2.05) is 28.8 Å². The molecule has 0 bridgehead atoms. The van der Waals surface area contributed by atoms with Crippen LogP contribution < -0.4 is 5.73 Å². The van der Waals surface area contributed by atoms with E-state index in [1.54, 1.807) is 6.20 Å². The zero-order valence-electron chi connectivity index (χ0n) is 11.4. The second kappa shape index (κ2) is 5.21. The maximum atomic E-state index is 11.5. The number of ether oxygens (including phenoxy) is 1. The number of carbonyl (C=O) groups is 2. The lowest BCUT2D eigenvalue weighted by Crippen LogP contribution is -2.22. The van der Waals surface area contributed by atoms with Crippen LogP contribution in [-0.2, 0) is 16.1 Å². The lowest BCUT2D eigenvalue weighted by molar-refractivity contribution is -0.149. The number of hydrogen-bond acceptors (Lipinski definition) is 3. The average molecular weight is 288 g/mol. The van der Waals surface area contributed by atoms with Gasteiger partial charge in [-0.15, -0.1) is 0 Å². The highest BCUT2D eigenvalue weighted by Crippen LogP contribution is 2.25. The molecule has 1 aromatic carbocycles. The molecule has 6 heteroatoms. The minimum absolute atomic E-state index is 0.164. The topological polar surface area (TPSA) is 94.6 Å². The van der Waals surface area contributed by atoms with Gasteiger partial charge < -0.3 is 20.1 Å². The Labute approximate surface area is 121 Å². The van der Waals surface area contributed by atoms with E-state index >= 15 is 0 Å². The van der Waals surface area contributed by atoms with Crippen molar-refractivity contribution in [1.82, 2.24) is 4.57 Å². The molecule has 110 valence electrons. The summed E-state index contributed by atoms with van der Waals surface area (Å²) in [5, 5.41) is 9.76. The molecule has 2 atom stereocenters. The van der Waals surface area contributed by atoms with Gasteiger partial charge in [-0.05, 0) is 18.9 Å². The van der Waals surface area contributed by atoms with E-state index in [4.69, 9.17) is 15.6 Å². The molecule has 1 aliphatic heterocycles. The lowest BCUT2D eigenvalue weighted by Gasteiger charge is -2.13. The number of carboxylic acid groups (broad SMARTS) is 1. The fourth-order valence-corrected chi connectivity index (χ4v) is 2.84. The molecule has 1 amide bonds. The van der Waals surface area contributed by atoms with Crippen LogP contribution in [0, 0.1) is 0 Å². The van der Waals surface area contributed by atoms with E-state index in [0.717, 1.165) is 10.9 Å². The minimum atomic E-state index is -0.923. The Morgan fingerprint density at radius 3 is 2.76 bits per heavy atom. The summed E-state index contributed by atoms with van der Waals surface area (Å²) in [6.45, 7) is 0.511. The fraction of sp³-hybridized carbons (Fsp3) is 0.333. The van der Waals surface area contributed by atoms with Crippen LogP contribution in [-0.4, -0.2) is 33.8 Å². The summed E-state index contributed by atoms with van der Waals surface area (Å²) < 4.78 is 7.42. The number of aliphatic carboxylic acids is 1. The molecular formula is C15H16N2O4. The number of carboxylic acids is 1. The quantitative estimate of drug-likeness (QED) is 0.888. The van der Waals surface area contributed by atoms with Gasteiger partial charge in [0.25, 0.3) is 5.91 Å². The molecule has 1 aliphatic rings. The predicted octanol–water partition coefficient (Wildman–Crippen LogP) is 1.37. The molecule has 2 heterocycles. The standard InChI is InChI=1S/C15H16N2O4/c16-14(18)11-8-17(12-4-2-1-3-10(11)12)7-9-5-6-13(21-9)15(19)20/h1-4,8-9,13H,5-7H2,(H2,16,18)(H,19,20). The van der Waals surface area contributed by atoms with Crippen molar-refractivity contribution in [3.8, 4) is 0 Å². The van der Waals surface area contributed by atoms with Gasteiger partial charge in [-0.25, -0.2) is 4.79 Å². The third kappa shape index (κ3) is 2.50. The summed E-state index contributed by atoms with van der Waals surface area (Å²) in [5.74, 6) is -1.40. The van der Waals surface area contributed by atoms with Crippen molar-refractivity contribution in [2.45, 2.75) is 31.6 Å². The Balaban J connectivity index is 1.88. The maximum absolute atomic E-state index is 11.5. The average Bonchev–Trinajstić information content (AvgIpc) is 3.05. The van der Waals surface area contributed by atoms with Gasteiger partial charge in [0.05, 0.1) is 11.7 Å². The van der Waals surface area contributed by atoms with E-state index in [1.165, 1.54) is 0 Å². The van der Waals surface area contributed by atoms with Gasteiger partial charge in [0.15, 0.2) is 6.10 Å². The van der Waals surface area contributed by atoms with Crippen molar-refractivity contribution in [3.05, 3.63) is 36.0 Å². The van der Waals surface area contributed by atoms with Crippen molar-refractivity contribution in [2.24, 2.45) is 5.73 Å². The number of hydrogen-bond donors (Lipinski definition) is 2. The summed E-state index contributed by atoms with van der Waals surface area (Å²) in [4.78, 5) is 22.4. The van der Waals surface area contributed by atoms with E-state index in [-0.39, 0.29) is 6.10 Å². The highest BCUT2D eigenvalue weighted by molar-refractivity contribution is 6.06. The van der Waals surface area contributed by atoms with E-state index in [2.05, 4.69) is 0 Å². The summed E-state index contributed by atoms with van der Waals surface area (Å²) in [5.41, 5.74) is 6.77. The summed E-state index contributed by atoms with van der Waals surface area (Å²) in [7, 11) is 0. The largest absolute Gasteiger partial charge is 0.479 e. The SMILES string of the molecule is NC(=O)c1cn(CC2CCC(C(=O)O)O2)c2ccccc12. The molecule has 3 N–H and O–H groups in total. The van der Waals surface area contributed by atoms with Crippen LogP contribution in [0.1, 0.15) is 23.2 Å². The Morgan fingerprint density at radius 2 is 2.10 bits per heavy atom. The van der Waals surface area contributed by atoms with Gasteiger partial charge in [-0.1, -0.05) is 18.2 Å². The molecule has 0 spiro atoms. The third-order valence-electron chi connectivity index (χ3n) is 3.84. The van der Waals surface area contributed by atoms with Crippen LogP contribution in [0.4, 0.5) is 0 Å². The molecule has 0 saturated carbocycles. The van der Waals surface area contributed by atoms with Crippen LogP contribution in [0.2, 0.25) is 0 Å². The van der Waals surface area contributed by atoms with Crippen molar-refractivity contribution in [3.63, 3.8) is 0 Å². The van der Waals surface area contributed by atoms with Crippen LogP contribution in [0.15, 0.2) is 30.5 Å². The number of aromatic nitrogens is 1. The number of amides is 1. The van der Waals surface area contributed by atoms with Gasteiger partial charge in [0, 0.05) is 23.6 Å². The molecule has 0 aliphatic carbocycles. The minimum Gasteiger partial charge on any atom is -0.479 e. The monoisotopic (exact) mass is 288 g/mol. The first-order valence-electron chi connectivity index (χ1n) is 6.82. The fourth-order valence-electron chi connectivity index (χ4n) is 2.84. The molecule has 3 rings (SSSR count). The van der Waals surface area contributed by atoms with Crippen LogP contribution in [0.25, 0.3) is 10.9 Å². The van der Waals surface area contributed by atoms with Gasteiger partial charge in [-0.3, -0.25) is 4.79 Å². The first kappa shape index (κ1) is 13.6. The van der Waals surface area contributed by atoms with Gasteiger partial charge in [0.2, 0.25) is 0 Å². The Kier molecular flexibility index (Phi) is 3.39. The first-order chi connectivity index (χ1) is 10.1. The number of nitrogens with zero attached hydrogens (tertiary/aromatic N) is 1. The molecule has 2 aromatic rings. The number of benzene rings is 1. The first-order valence-corrected chi connectivity index (χ1v) is 6.82. The zero-order valence-corrected chi connectivity index (χ0v) is 11.4. The normalized spacial score (nSPS) is 21.7. The number of nitrogens with two attached hydrogens (primary N) is 1. The maximum Gasteiger partial charge on any atom is 0.332 e. The van der Waals surface area contributed by atoms with Crippen LogP contribution >= 0.6 is 0 Å². The van der Waals surface area contributed by atoms with Crippen LogP contribution in [0.5, 0.6) is 0 Å². The second-order valence-electron chi connectivity index (χ2n) is 5.24. The van der Waals surface area contributed by atoms with Gasteiger partial charge in [-0.2, -0.15) is 0 Å². The summed E-state index contributed by atoms with van der Waals surface area (Å²) in [6, 6.07) is 7.50. The molecule has 1 aromatic heterocycles. The molecule has 6 nitrogen and oxygen atoms in total. The van der Waals surface area contributed by atoms with Crippen molar-refractivity contribution >= 4 is 22.8 Å². The van der Waals surface area contributed by atoms with Gasteiger partial charge in [0.1, 0.15) is 0 Å². The number of carbonyl (C=O) groups excluding carboxylic acids is 1. The van der Waals surface area contributed by atoms with Gasteiger partial charge >= 0.3 is 5.97 Å². The van der Waals surface area contributed by atoms with E-state index in [0.29, 0.717) is 24.9 Å². The molecule has 1 fully saturated rings. The zero-order chi connectivity index (χ0) is 15.0. The van der Waals surface area contributed by atoms with Crippen molar-refractivity contribution in [2.75, 3.05) is 0 Å². The Morgan fingerprint density at radius 1 is 1.33 bits per heavy atom. The van der Waals surface area contributed by atoms with Crippen molar-refractivity contribution < 1.29 is 19.4 Å². The van der Waals surface area contributed by atoms with Crippen LogP contribution in [0.3, 0.4) is 0 Å². The highest BCUT2D eigenvalue weighted by Gasteiger charge is 2.30. The number of rotatable bonds is 4. The third-order valence-corrected chi connectivity index (χ3v) is 3.84. The molecule has 1 saturated heterocycles. The molecule has 21 heavy (non-hydrogen) atoms. The molecule has 2 unspecified atom stereocenters. The highest BCUT2D eigenvalue weighted by atomic mass is 16.5. The number of primary amides is 1. The summed E-state index contributed by atoms with van der Waals surface area (Å²) in [6.07, 6.45) is 2.02. The predicted molar refractivity (Wildman–Crippen MR) is 76.0 cm³/mol. The second-order valence-corrected chi connectivity index (χ2v) is 5.24. The van der Waals surface area contributed by atoms with E-state index < -0.39 is 18.0 Å². The van der Waals surface area contributed by atoms with Crippen molar-refractivity contribution in [1.29, 1.82) is 0 Å². The summed E-state index contributed by atoms with van der Waals surface area (Å²) >= 11 is 0. The molecular weight excluding hydrogens is 272 g/mol. The smallest absolute Gasteiger partial charge is 0.332 e. The Bertz CT molecular complexity index is 707. The number of para-hydroxylation sites is 1.